The lowest BCUT2D eigenvalue weighted by atomic mass is 10.1. The maximum Gasteiger partial charge on any atom is 0.240 e. The molecule has 0 amide bonds. The molecule has 0 saturated heterocycles. The number of hydrogen-bond acceptors (Lipinski definition) is 4. The van der Waals surface area contributed by atoms with Crippen molar-refractivity contribution in [2.75, 3.05) is 0 Å². The number of fused-ring (bicyclic) bond motifs is 1. The standard InChI is InChI=1S/C12H11ClN4O/c1-17-6-8(13)11-7(3-2-4-9(11)17)12-15-10(5-14)18-16-12/h2-4,6H,5,14H2,1H3. The molecule has 3 rings (SSSR count). The second-order valence-corrected chi connectivity index (χ2v) is 4.41. The van der Waals surface area contributed by atoms with Crippen molar-refractivity contribution in [2.24, 2.45) is 12.8 Å². The quantitative estimate of drug-likeness (QED) is 0.770. The Hall–Kier alpha value is -1.85. The van der Waals surface area contributed by atoms with Gasteiger partial charge in [0.05, 0.1) is 17.1 Å². The van der Waals surface area contributed by atoms with Crippen LogP contribution in [-0.4, -0.2) is 14.7 Å². The smallest absolute Gasteiger partial charge is 0.240 e. The topological polar surface area (TPSA) is 69.9 Å². The number of aryl methyl sites for hydroxylation is 1. The molecule has 2 heterocycles. The fraction of sp³-hybridized carbons (Fsp3) is 0.167. The monoisotopic (exact) mass is 262 g/mol. The van der Waals surface area contributed by atoms with E-state index < -0.39 is 0 Å². The van der Waals surface area contributed by atoms with Crippen LogP contribution in [0, 0.1) is 0 Å². The molecule has 0 aliphatic rings. The molecule has 5 nitrogen and oxygen atoms in total. The molecule has 0 aliphatic heterocycles. The summed E-state index contributed by atoms with van der Waals surface area (Å²) in [6, 6.07) is 5.85. The minimum Gasteiger partial charge on any atom is -0.349 e. The molecule has 0 bridgehead atoms. The third-order valence-electron chi connectivity index (χ3n) is 2.85. The minimum absolute atomic E-state index is 0.228. The molecule has 0 radical (unpaired) electrons. The highest BCUT2D eigenvalue weighted by atomic mass is 35.5. The van der Waals surface area contributed by atoms with Crippen molar-refractivity contribution < 1.29 is 4.52 Å². The Morgan fingerprint density at radius 2 is 2.28 bits per heavy atom. The predicted molar refractivity (Wildman–Crippen MR) is 69.1 cm³/mol. The van der Waals surface area contributed by atoms with Crippen molar-refractivity contribution in [3.05, 3.63) is 35.3 Å². The molecule has 0 saturated carbocycles. The van der Waals surface area contributed by atoms with Crippen LogP contribution in [0.1, 0.15) is 5.89 Å². The van der Waals surface area contributed by atoms with Crippen molar-refractivity contribution in [1.82, 2.24) is 14.7 Å². The van der Waals surface area contributed by atoms with Gasteiger partial charge in [0.1, 0.15) is 0 Å². The summed E-state index contributed by atoms with van der Waals surface area (Å²) in [5.41, 5.74) is 7.33. The van der Waals surface area contributed by atoms with Gasteiger partial charge in [-0.1, -0.05) is 28.9 Å². The van der Waals surface area contributed by atoms with E-state index in [1.165, 1.54) is 0 Å². The Morgan fingerprint density at radius 3 is 3.00 bits per heavy atom. The van der Waals surface area contributed by atoms with Gasteiger partial charge < -0.3 is 14.8 Å². The molecule has 2 aromatic heterocycles. The molecule has 0 spiro atoms. The van der Waals surface area contributed by atoms with Crippen LogP contribution in [0.15, 0.2) is 28.9 Å². The average molecular weight is 263 g/mol. The van der Waals surface area contributed by atoms with Gasteiger partial charge in [0.25, 0.3) is 0 Å². The SMILES string of the molecule is Cn1cc(Cl)c2c(-c3noc(CN)n3)cccc21. The van der Waals surface area contributed by atoms with E-state index in [-0.39, 0.29) is 6.54 Å². The molecule has 0 atom stereocenters. The van der Waals surface area contributed by atoms with Gasteiger partial charge in [-0.2, -0.15) is 4.98 Å². The van der Waals surface area contributed by atoms with Crippen LogP contribution < -0.4 is 5.73 Å². The van der Waals surface area contributed by atoms with Crippen LogP contribution in [0.4, 0.5) is 0 Å². The number of hydrogen-bond donors (Lipinski definition) is 1. The van der Waals surface area contributed by atoms with E-state index in [0.29, 0.717) is 16.7 Å². The molecule has 92 valence electrons. The molecule has 6 heteroatoms. The average Bonchev–Trinajstić information content (AvgIpc) is 2.95. The third-order valence-corrected chi connectivity index (χ3v) is 3.14. The number of halogens is 1. The van der Waals surface area contributed by atoms with Crippen LogP contribution >= 0.6 is 11.6 Å². The molecule has 0 fully saturated rings. The Balaban J connectivity index is 2.28. The van der Waals surface area contributed by atoms with Gasteiger partial charge in [0, 0.05) is 24.2 Å². The first-order valence-corrected chi connectivity index (χ1v) is 5.85. The van der Waals surface area contributed by atoms with Crippen LogP contribution in [0.5, 0.6) is 0 Å². The summed E-state index contributed by atoms with van der Waals surface area (Å²) in [5, 5.41) is 5.51. The van der Waals surface area contributed by atoms with Gasteiger partial charge in [-0.05, 0) is 6.07 Å². The summed E-state index contributed by atoms with van der Waals surface area (Å²) in [4.78, 5) is 4.23. The highest BCUT2D eigenvalue weighted by Gasteiger charge is 2.15. The molecule has 2 N–H and O–H groups in total. The summed E-state index contributed by atoms with van der Waals surface area (Å²) in [7, 11) is 1.94. The van der Waals surface area contributed by atoms with E-state index >= 15 is 0 Å². The third kappa shape index (κ3) is 1.60. The number of benzene rings is 1. The lowest BCUT2D eigenvalue weighted by Crippen LogP contribution is -1.95. The molecule has 1 aromatic carbocycles. The summed E-state index contributed by atoms with van der Waals surface area (Å²) >= 11 is 6.24. The van der Waals surface area contributed by atoms with Crippen molar-refractivity contribution >= 4 is 22.5 Å². The molecule has 0 unspecified atom stereocenters. The maximum atomic E-state index is 6.24. The normalized spacial score (nSPS) is 11.3. The summed E-state index contributed by atoms with van der Waals surface area (Å²) in [6.07, 6.45) is 1.86. The Bertz CT molecular complexity index is 716. The Kier molecular flexibility index (Phi) is 2.57. The maximum absolute atomic E-state index is 6.24. The van der Waals surface area contributed by atoms with E-state index in [0.717, 1.165) is 16.5 Å². The zero-order valence-corrected chi connectivity index (χ0v) is 10.5. The van der Waals surface area contributed by atoms with Crippen LogP contribution in [0.3, 0.4) is 0 Å². The minimum atomic E-state index is 0.228. The number of rotatable bonds is 2. The van der Waals surface area contributed by atoms with Gasteiger partial charge in [0.2, 0.25) is 11.7 Å². The van der Waals surface area contributed by atoms with Crippen molar-refractivity contribution in [3.8, 4) is 11.4 Å². The zero-order chi connectivity index (χ0) is 12.7. The molecule has 3 aromatic rings. The lowest BCUT2D eigenvalue weighted by molar-refractivity contribution is 0.380. The fourth-order valence-corrected chi connectivity index (χ4v) is 2.37. The van der Waals surface area contributed by atoms with E-state index in [2.05, 4.69) is 10.1 Å². The zero-order valence-electron chi connectivity index (χ0n) is 9.72. The van der Waals surface area contributed by atoms with Gasteiger partial charge in [-0.3, -0.25) is 0 Å². The summed E-state index contributed by atoms with van der Waals surface area (Å²) < 4.78 is 6.99. The Labute approximate surface area is 108 Å². The fourth-order valence-electron chi connectivity index (χ4n) is 2.02. The summed E-state index contributed by atoms with van der Waals surface area (Å²) in [5.74, 6) is 0.920. The van der Waals surface area contributed by atoms with Crippen LogP contribution in [-0.2, 0) is 13.6 Å². The van der Waals surface area contributed by atoms with Crippen molar-refractivity contribution in [1.29, 1.82) is 0 Å². The highest BCUT2D eigenvalue weighted by Crippen LogP contribution is 2.33. The van der Waals surface area contributed by atoms with E-state index in [4.69, 9.17) is 21.9 Å². The van der Waals surface area contributed by atoms with Crippen molar-refractivity contribution in [3.63, 3.8) is 0 Å². The second kappa shape index (κ2) is 4.12. The van der Waals surface area contributed by atoms with Gasteiger partial charge >= 0.3 is 0 Å². The van der Waals surface area contributed by atoms with E-state index in [1.807, 2.05) is 36.0 Å². The first-order valence-electron chi connectivity index (χ1n) is 5.47. The van der Waals surface area contributed by atoms with Crippen molar-refractivity contribution in [2.45, 2.75) is 6.54 Å². The van der Waals surface area contributed by atoms with Crippen LogP contribution in [0.25, 0.3) is 22.3 Å². The predicted octanol–water partition coefficient (Wildman–Crippen LogP) is 2.34. The number of nitrogens with two attached hydrogens (primary N) is 1. The number of nitrogens with zero attached hydrogens (tertiary/aromatic N) is 3. The molecule has 18 heavy (non-hydrogen) atoms. The molecular weight excluding hydrogens is 252 g/mol. The van der Waals surface area contributed by atoms with E-state index in [1.54, 1.807) is 0 Å². The van der Waals surface area contributed by atoms with Gasteiger partial charge in [-0.25, -0.2) is 0 Å². The number of aromatic nitrogens is 3. The molecular formula is C12H11ClN4O. The first kappa shape index (κ1) is 11.3. The highest BCUT2D eigenvalue weighted by molar-refractivity contribution is 6.36. The van der Waals surface area contributed by atoms with Crippen LogP contribution in [0.2, 0.25) is 5.02 Å². The second-order valence-electron chi connectivity index (χ2n) is 4.00. The van der Waals surface area contributed by atoms with Gasteiger partial charge in [0.15, 0.2) is 0 Å². The van der Waals surface area contributed by atoms with Gasteiger partial charge in [-0.15, -0.1) is 0 Å². The lowest BCUT2D eigenvalue weighted by Gasteiger charge is -1.99. The Morgan fingerprint density at radius 1 is 1.44 bits per heavy atom. The largest absolute Gasteiger partial charge is 0.349 e. The summed E-state index contributed by atoms with van der Waals surface area (Å²) in [6.45, 7) is 0.228. The molecule has 0 aliphatic carbocycles. The van der Waals surface area contributed by atoms with E-state index in [9.17, 15) is 0 Å². The first-order chi connectivity index (χ1) is 8.70.